The molecule has 0 aliphatic heterocycles. The molecule has 1 atom stereocenters. The van der Waals surface area contributed by atoms with Gasteiger partial charge in [0.1, 0.15) is 0 Å². The smallest absolute Gasteiger partial charge is 0.200 e. The number of rotatable bonds is 2. The number of carbonyl (C=O) groups is 1. The topological polar surface area (TPSA) is 37.3 Å². The Kier molecular flexibility index (Phi) is 2.47. The zero-order chi connectivity index (χ0) is 8.27. The van der Waals surface area contributed by atoms with Gasteiger partial charge in [-0.2, -0.15) is 0 Å². The van der Waals surface area contributed by atoms with E-state index >= 15 is 0 Å². The highest BCUT2D eigenvalue weighted by atomic mass is 16.3. The molecule has 0 saturated carbocycles. The molecule has 1 aliphatic rings. The zero-order valence-corrected chi connectivity index (χ0v) is 6.42. The summed E-state index contributed by atoms with van der Waals surface area (Å²) in [6, 6.07) is 0. The minimum atomic E-state index is -0.129. The Balaban J connectivity index is 2.64. The lowest BCUT2D eigenvalue weighted by Crippen LogP contribution is -2.19. The fourth-order valence-electron chi connectivity index (χ4n) is 1.29. The highest BCUT2D eigenvalue weighted by molar-refractivity contribution is 5.95. The van der Waals surface area contributed by atoms with Crippen LogP contribution in [-0.4, -0.2) is 10.9 Å². The van der Waals surface area contributed by atoms with E-state index in [0.29, 0.717) is 6.42 Å². The quantitative estimate of drug-likeness (QED) is 0.614. The molecule has 1 N–H and O–H groups in total. The first kappa shape index (κ1) is 8.05. The third-order valence-electron chi connectivity index (χ3n) is 1.93. The zero-order valence-electron chi connectivity index (χ0n) is 6.42. The van der Waals surface area contributed by atoms with E-state index in [9.17, 15) is 4.79 Å². The summed E-state index contributed by atoms with van der Waals surface area (Å²) in [6.45, 7) is 3.56. The lowest BCUT2D eigenvalue weighted by Gasteiger charge is -2.16. The third kappa shape index (κ3) is 1.70. The molecule has 0 aromatic heterocycles. The van der Waals surface area contributed by atoms with Crippen LogP contribution in [-0.2, 0) is 4.79 Å². The van der Waals surface area contributed by atoms with E-state index in [4.69, 9.17) is 5.11 Å². The summed E-state index contributed by atoms with van der Waals surface area (Å²) < 4.78 is 0. The first-order chi connectivity index (χ1) is 5.25. The Hall–Kier alpha value is -1.05. The molecule has 1 rings (SSSR count). The minimum Gasteiger partial charge on any atom is -0.505 e. The molecule has 11 heavy (non-hydrogen) atoms. The van der Waals surface area contributed by atoms with Crippen molar-refractivity contribution in [1.82, 2.24) is 0 Å². The average Bonchev–Trinajstić information content (AvgIpc) is 1.99. The maximum absolute atomic E-state index is 11.1. The standard InChI is InChI=1S/C9H12O2/c1-2-4-7-5-3-6-8(10)9(7)11/h2,6-7,10H,1,3-5H2. The first-order valence-corrected chi connectivity index (χ1v) is 3.80. The van der Waals surface area contributed by atoms with E-state index < -0.39 is 0 Å². The van der Waals surface area contributed by atoms with Crippen molar-refractivity contribution in [2.75, 3.05) is 0 Å². The van der Waals surface area contributed by atoms with E-state index in [1.807, 2.05) is 0 Å². The van der Waals surface area contributed by atoms with Gasteiger partial charge in [-0.25, -0.2) is 0 Å². The van der Waals surface area contributed by atoms with Gasteiger partial charge in [-0.15, -0.1) is 6.58 Å². The van der Waals surface area contributed by atoms with Crippen LogP contribution in [0.1, 0.15) is 19.3 Å². The molecule has 0 heterocycles. The molecule has 2 nitrogen and oxygen atoms in total. The Morgan fingerprint density at radius 2 is 2.55 bits per heavy atom. The van der Waals surface area contributed by atoms with E-state index in [1.54, 1.807) is 12.2 Å². The number of aliphatic hydroxyl groups excluding tert-OH is 1. The van der Waals surface area contributed by atoms with Crippen molar-refractivity contribution in [3.8, 4) is 0 Å². The first-order valence-electron chi connectivity index (χ1n) is 3.80. The van der Waals surface area contributed by atoms with Gasteiger partial charge in [0.05, 0.1) is 0 Å². The average molecular weight is 152 g/mol. The molecule has 1 aliphatic carbocycles. The SMILES string of the molecule is C=CCC1CCC=C(O)C1=O. The van der Waals surface area contributed by atoms with Crippen LogP contribution in [0.3, 0.4) is 0 Å². The van der Waals surface area contributed by atoms with Crippen LogP contribution in [0.4, 0.5) is 0 Å². The van der Waals surface area contributed by atoms with Crippen LogP contribution in [0.5, 0.6) is 0 Å². The molecule has 0 amide bonds. The van der Waals surface area contributed by atoms with Crippen molar-refractivity contribution in [2.24, 2.45) is 5.92 Å². The monoisotopic (exact) mass is 152 g/mol. The molecule has 0 aromatic carbocycles. The van der Waals surface area contributed by atoms with Crippen LogP contribution in [0, 0.1) is 5.92 Å². The summed E-state index contributed by atoms with van der Waals surface area (Å²) in [5.41, 5.74) is 0. The van der Waals surface area contributed by atoms with Crippen LogP contribution in [0.2, 0.25) is 0 Å². The summed E-state index contributed by atoms with van der Waals surface area (Å²) in [4.78, 5) is 11.1. The van der Waals surface area contributed by atoms with Crippen molar-refractivity contribution >= 4 is 5.78 Å². The van der Waals surface area contributed by atoms with Gasteiger partial charge < -0.3 is 5.11 Å². The van der Waals surface area contributed by atoms with Gasteiger partial charge in [0, 0.05) is 5.92 Å². The maximum Gasteiger partial charge on any atom is 0.200 e. The predicted molar refractivity (Wildman–Crippen MR) is 43.3 cm³/mol. The van der Waals surface area contributed by atoms with Gasteiger partial charge in [-0.1, -0.05) is 6.08 Å². The lowest BCUT2D eigenvalue weighted by molar-refractivity contribution is -0.122. The normalized spacial score (nSPS) is 24.5. The second-order valence-electron chi connectivity index (χ2n) is 2.75. The fourth-order valence-corrected chi connectivity index (χ4v) is 1.29. The van der Waals surface area contributed by atoms with Crippen LogP contribution in [0.25, 0.3) is 0 Å². The molecule has 0 spiro atoms. The van der Waals surface area contributed by atoms with Gasteiger partial charge >= 0.3 is 0 Å². The maximum atomic E-state index is 11.1. The number of allylic oxidation sites excluding steroid dienone is 3. The van der Waals surface area contributed by atoms with Gasteiger partial charge in [0.2, 0.25) is 0 Å². The Bertz CT molecular complexity index is 204. The van der Waals surface area contributed by atoms with Crippen LogP contribution >= 0.6 is 0 Å². The van der Waals surface area contributed by atoms with E-state index in [1.165, 1.54) is 0 Å². The number of Topliss-reactive ketones (excluding diaryl/α,β-unsaturated/α-hetero) is 1. The molecule has 0 fully saturated rings. The summed E-state index contributed by atoms with van der Waals surface area (Å²) in [5.74, 6) is -0.225. The summed E-state index contributed by atoms with van der Waals surface area (Å²) >= 11 is 0. The summed E-state index contributed by atoms with van der Waals surface area (Å²) in [7, 11) is 0. The number of aliphatic hydroxyl groups is 1. The highest BCUT2D eigenvalue weighted by Crippen LogP contribution is 2.21. The van der Waals surface area contributed by atoms with Crippen molar-refractivity contribution in [3.63, 3.8) is 0 Å². The molecule has 1 unspecified atom stereocenters. The molecule has 0 aromatic rings. The number of hydrogen-bond donors (Lipinski definition) is 1. The molecule has 2 heteroatoms. The Labute approximate surface area is 66.2 Å². The Morgan fingerprint density at radius 1 is 1.82 bits per heavy atom. The lowest BCUT2D eigenvalue weighted by atomic mass is 9.89. The Morgan fingerprint density at radius 3 is 3.18 bits per heavy atom. The van der Waals surface area contributed by atoms with E-state index in [-0.39, 0.29) is 17.5 Å². The second kappa shape index (κ2) is 3.37. The molecule has 60 valence electrons. The number of carbonyl (C=O) groups excluding carboxylic acids is 1. The van der Waals surface area contributed by atoms with Crippen LogP contribution in [0.15, 0.2) is 24.5 Å². The van der Waals surface area contributed by atoms with Gasteiger partial charge in [-0.05, 0) is 25.3 Å². The molecule has 0 bridgehead atoms. The van der Waals surface area contributed by atoms with Gasteiger partial charge in [0.15, 0.2) is 11.5 Å². The van der Waals surface area contributed by atoms with Crippen molar-refractivity contribution in [2.45, 2.75) is 19.3 Å². The second-order valence-corrected chi connectivity index (χ2v) is 2.75. The highest BCUT2D eigenvalue weighted by Gasteiger charge is 2.23. The van der Waals surface area contributed by atoms with Gasteiger partial charge in [0.25, 0.3) is 0 Å². The van der Waals surface area contributed by atoms with Crippen LogP contribution < -0.4 is 0 Å². The number of hydrogen-bond acceptors (Lipinski definition) is 2. The number of ketones is 1. The molecule has 0 radical (unpaired) electrons. The van der Waals surface area contributed by atoms with Crippen molar-refractivity contribution < 1.29 is 9.90 Å². The molecular weight excluding hydrogens is 140 g/mol. The molecular formula is C9H12O2. The largest absolute Gasteiger partial charge is 0.505 e. The van der Waals surface area contributed by atoms with E-state index in [0.717, 1.165) is 12.8 Å². The summed E-state index contributed by atoms with van der Waals surface area (Å²) in [5, 5.41) is 9.05. The van der Waals surface area contributed by atoms with Crippen molar-refractivity contribution in [1.29, 1.82) is 0 Å². The minimum absolute atomic E-state index is 0.0301. The molecule has 0 saturated heterocycles. The van der Waals surface area contributed by atoms with Gasteiger partial charge in [-0.3, -0.25) is 4.79 Å². The summed E-state index contributed by atoms with van der Waals surface area (Å²) in [6.07, 6.45) is 5.63. The van der Waals surface area contributed by atoms with Crippen molar-refractivity contribution in [3.05, 3.63) is 24.5 Å². The van der Waals surface area contributed by atoms with E-state index in [2.05, 4.69) is 6.58 Å². The predicted octanol–water partition coefficient (Wildman–Crippen LogP) is 1.98. The third-order valence-corrected chi connectivity index (χ3v) is 1.93. The fraction of sp³-hybridized carbons (Fsp3) is 0.444.